The van der Waals surface area contributed by atoms with E-state index in [1.807, 2.05) is 42.5 Å². The molecule has 0 N–H and O–H groups in total. The monoisotopic (exact) mass is 264 g/mol. The van der Waals surface area contributed by atoms with Gasteiger partial charge in [0, 0.05) is 11.1 Å². The highest BCUT2D eigenvalue weighted by molar-refractivity contribution is 5.68. The first kappa shape index (κ1) is 12.5. The third-order valence-corrected chi connectivity index (χ3v) is 3.33. The van der Waals surface area contributed by atoms with Gasteiger partial charge in [0.15, 0.2) is 0 Å². The third-order valence-electron chi connectivity index (χ3n) is 3.33. The summed E-state index contributed by atoms with van der Waals surface area (Å²) < 4.78 is 11.2. The van der Waals surface area contributed by atoms with Crippen LogP contribution in [0.4, 0.5) is 0 Å². The Labute approximate surface area is 118 Å². The molecule has 2 aromatic carbocycles. The van der Waals surface area contributed by atoms with Crippen molar-refractivity contribution in [3.05, 3.63) is 66.2 Å². The Morgan fingerprint density at radius 3 is 2.20 bits per heavy atom. The Balaban J connectivity index is 2.00. The normalized spacial score (nSPS) is 10.5. The summed E-state index contributed by atoms with van der Waals surface area (Å²) in [4.78, 5) is 0. The van der Waals surface area contributed by atoms with Crippen molar-refractivity contribution < 1.29 is 9.15 Å². The van der Waals surface area contributed by atoms with Gasteiger partial charge in [0.05, 0.1) is 7.11 Å². The van der Waals surface area contributed by atoms with Crippen molar-refractivity contribution in [2.75, 3.05) is 7.11 Å². The number of aryl methyl sites for hydroxylation is 1. The summed E-state index contributed by atoms with van der Waals surface area (Å²) in [5.41, 5.74) is 3.29. The average Bonchev–Trinajstić information content (AvgIpc) is 2.90. The summed E-state index contributed by atoms with van der Waals surface area (Å²) in [7, 11) is 1.67. The lowest BCUT2D eigenvalue weighted by Gasteiger charge is -2.01. The molecule has 0 amide bonds. The van der Waals surface area contributed by atoms with E-state index in [-0.39, 0.29) is 0 Å². The highest BCUT2D eigenvalue weighted by Crippen LogP contribution is 2.32. The second-order valence-corrected chi connectivity index (χ2v) is 4.72. The third kappa shape index (κ3) is 2.32. The van der Waals surface area contributed by atoms with E-state index in [1.54, 1.807) is 7.11 Å². The summed E-state index contributed by atoms with van der Waals surface area (Å²) in [5, 5.41) is 0. The number of hydrogen-bond donors (Lipinski definition) is 0. The summed E-state index contributed by atoms with van der Waals surface area (Å²) in [5.74, 6) is 2.65. The van der Waals surface area contributed by atoms with Gasteiger partial charge in [-0.1, -0.05) is 30.3 Å². The standard InChI is InChI=1S/C18H16O2/c1-13-12-17(14-8-10-16(19-2)11-9-14)20-18(13)15-6-4-3-5-7-15/h3-12H,1-2H3. The van der Waals surface area contributed by atoms with E-state index in [9.17, 15) is 0 Å². The zero-order valence-corrected chi connectivity index (χ0v) is 11.6. The van der Waals surface area contributed by atoms with Crippen LogP contribution in [0, 0.1) is 6.92 Å². The minimum Gasteiger partial charge on any atom is -0.497 e. The van der Waals surface area contributed by atoms with Gasteiger partial charge in [0.25, 0.3) is 0 Å². The van der Waals surface area contributed by atoms with E-state index >= 15 is 0 Å². The SMILES string of the molecule is COc1ccc(-c2cc(C)c(-c3ccccc3)o2)cc1. The molecule has 2 nitrogen and oxygen atoms in total. The van der Waals surface area contributed by atoms with Gasteiger partial charge in [-0.05, 0) is 42.8 Å². The zero-order chi connectivity index (χ0) is 13.9. The predicted octanol–water partition coefficient (Wildman–Crippen LogP) is 4.93. The van der Waals surface area contributed by atoms with E-state index < -0.39 is 0 Å². The predicted molar refractivity (Wildman–Crippen MR) is 80.9 cm³/mol. The summed E-state index contributed by atoms with van der Waals surface area (Å²) in [6.07, 6.45) is 0. The number of benzene rings is 2. The molecule has 3 rings (SSSR count). The smallest absolute Gasteiger partial charge is 0.137 e. The Morgan fingerprint density at radius 2 is 1.55 bits per heavy atom. The fourth-order valence-corrected chi connectivity index (χ4v) is 2.26. The maximum atomic E-state index is 6.02. The Hall–Kier alpha value is -2.48. The Bertz CT molecular complexity index is 694. The van der Waals surface area contributed by atoms with Gasteiger partial charge < -0.3 is 9.15 Å². The van der Waals surface area contributed by atoms with Crippen molar-refractivity contribution >= 4 is 0 Å². The molecule has 0 aliphatic rings. The molecule has 0 unspecified atom stereocenters. The lowest BCUT2D eigenvalue weighted by Crippen LogP contribution is -1.81. The van der Waals surface area contributed by atoms with E-state index in [2.05, 4.69) is 25.1 Å². The molecule has 1 heterocycles. The first-order valence-electron chi connectivity index (χ1n) is 6.58. The molecule has 0 fully saturated rings. The molecule has 100 valence electrons. The molecule has 2 heteroatoms. The number of ether oxygens (including phenoxy) is 1. The molecular weight excluding hydrogens is 248 g/mol. The van der Waals surface area contributed by atoms with Crippen LogP contribution < -0.4 is 4.74 Å². The minimum absolute atomic E-state index is 0.848. The molecule has 0 saturated heterocycles. The van der Waals surface area contributed by atoms with Gasteiger partial charge >= 0.3 is 0 Å². The van der Waals surface area contributed by atoms with Gasteiger partial charge in [-0.15, -0.1) is 0 Å². The molecule has 0 aliphatic heterocycles. The molecule has 0 aliphatic carbocycles. The largest absolute Gasteiger partial charge is 0.497 e. The second kappa shape index (κ2) is 5.25. The topological polar surface area (TPSA) is 22.4 Å². The Kier molecular flexibility index (Phi) is 3.30. The number of rotatable bonds is 3. The maximum absolute atomic E-state index is 6.02. The van der Waals surface area contributed by atoms with Crippen LogP contribution in [0.15, 0.2) is 65.1 Å². The minimum atomic E-state index is 0.848. The summed E-state index contributed by atoms with van der Waals surface area (Å²) >= 11 is 0. The van der Waals surface area contributed by atoms with Gasteiger partial charge in [-0.3, -0.25) is 0 Å². The van der Waals surface area contributed by atoms with E-state index in [1.165, 1.54) is 0 Å². The molecule has 3 aromatic rings. The van der Waals surface area contributed by atoms with Crippen LogP contribution in [0.5, 0.6) is 5.75 Å². The van der Waals surface area contributed by atoms with Crippen LogP contribution >= 0.6 is 0 Å². The lowest BCUT2D eigenvalue weighted by atomic mass is 10.1. The van der Waals surface area contributed by atoms with Crippen LogP contribution in [0.25, 0.3) is 22.6 Å². The fourth-order valence-electron chi connectivity index (χ4n) is 2.26. The van der Waals surface area contributed by atoms with E-state index in [0.29, 0.717) is 0 Å². The van der Waals surface area contributed by atoms with Crippen molar-refractivity contribution in [3.63, 3.8) is 0 Å². The molecule has 0 radical (unpaired) electrons. The van der Waals surface area contributed by atoms with E-state index in [0.717, 1.165) is 34.0 Å². The van der Waals surface area contributed by atoms with Crippen molar-refractivity contribution in [2.24, 2.45) is 0 Å². The van der Waals surface area contributed by atoms with Crippen molar-refractivity contribution in [2.45, 2.75) is 6.92 Å². The number of furan rings is 1. The van der Waals surface area contributed by atoms with Crippen molar-refractivity contribution in [3.8, 4) is 28.4 Å². The second-order valence-electron chi connectivity index (χ2n) is 4.72. The number of methoxy groups -OCH3 is 1. The van der Waals surface area contributed by atoms with Crippen molar-refractivity contribution in [1.82, 2.24) is 0 Å². The van der Waals surface area contributed by atoms with E-state index in [4.69, 9.17) is 9.15 Å². The van der Waals surface area contributed by atoms with Gasteiger partial charge in [0.1, 0.15) is 17.3 Å². The van der Waals surface area contributed by atoms with Crippen LogP contribution in [-0.2, 0) is 0 Å². The highest BCUT2D eigenvalue weighted by Gasteiger charge is 2.11. The first-order chi connectivity index (χ1) is 9.78. The van der Waals surface area contributed by atoms with Gasteiger partial charge in [-0.25, -0.2) is 0 Å². The van der Waals surface area contributed by atoms with Crippen LogP contribution in [0.3, 0.4) is 0 Å². The molecule has 0 spiro atoms. The maximum Gasteiger partial charge on any atom is 0.137 e. The quantitative estimate of drug-likeness (QED) is 0.669. The zero-order valence-electron chi connectivity index (χ0n) is 11.6. The highest BCUT2D eigenvalue weighted by atomic mass is 16.5. The fraction of sp³-hybridized carbons (Fsp3) is 0.111. The van der Waals surface area contributed by atoms with Crippen LogP contribution in [0.2, 0.25) is 0 Å². The summed E-state index contributed by atoms with van der Waals surface area (Å²) in [6, 6.07) is 20.1. The molecule has 0 saturated carbocycles. The molecule has 0 bridgehead atoms. The van der Waals surface area contributed by atoms with Crippen molar-refractivity contribution in [1.29, 1.82) is 0 Å². The Morgan fingerprint density at radius 1 is 0.850 bits per heavy atom. The van der Waals surface area contributed by atoms with Gasteiger partial charge in [-0.2, -0.15) is 0 Å². The molecular formula is C18H16O2. The van der Waals surface area contributed by atoms with Gasteiger partial charge in [0.2, 0.25) is 0 Å². The molecule has 1 aromatic heterocycles. The molecule has 20 heavy (non-hydrogen) atoms. The summed E-state index contributed by atoms with van der Waals surface area (Å²) in [6.45, 7) is 2.07. The van der Waals surface area contributed by atoms with Crippen LogP contribution in [0.1, 0.15) is 5.56 Å². The lowest BCUT2D eigenvalue weighted by molar-refractivity contribution is 0.415. The molecule has 0 atom stereocenters. The number of hydrogen-bond acceptors (Lipinski definition) is 2. The van der Waals surface area contributed by atoms with Crippen LogP contribution in [-0.4, -0.2) is 7.11 Å². The average molecular weight is 264 g/mol. The first-order valence-corrected chi connectivity index (χ1v) is 6.58.